The standard InChI is InChI=1S/C35H51N3O6/c1-22-15-27(39)16-23(2)28(22)19-29(38-31(41)20-34(4,5)6)30(40)17-24(3)32(42)36-21-26(18-25-13-11-10-12-14-25)37-33(43)44-35(7,8)9/h10-16,24,26,29,39H,17-21H2,1-9H3,(H,36,42)(H,37,43)(H,38,41)/t24-,26-,29-/m0/s1. The minimum absolute atomic E-state index is 0.0781. The monoisotopic (exact) mass is 609 g/mol. The highest BCUT2D eigenvalue weighted by molar-refractivity contribution is 5.92. The van der Waals surface area contributed by atoms with E-state index in [-0.39, 0.29) is 54.6 Å². The van der Waals surface area contributed by atoms with Crippen molar-refractivity contribution in [1.29, 1.82) is 0 Å². The highest BCUT2D eigenvalue weighted by Gasteiger charge is 2.28. The molecule has 0 saturated carbocycles. The lowest BCUT2D eigenvalue weighted by atomic mass is 9.89. The summed E-state index contributed by atoms with van der Waals surface area (Å²) in [4.78, 5) is 52.1. The SMILES string of the molecule is Cc1cc(O)cc(C)c1C[C@H](NC(=O)CC(C)(C)C)C(=O)C[C@H](C)C(=O)NC[C@H](Cc1ccccc1)NC(=O)OC(C)(C)C. The number of amides is 3. The van der Waals surface area contributed by atoms with Crippen molar-refractivity contribution >= 4 is 23.7 Å². The molecule has 3 amide bonds. The molecule has 0 aliphatic carbocycles. The first-order valence-electron chi connectivity index (χ1n) is 15.3. The van der Waals surface area contributed by atoms with Crippen LogP contribution in [0.4, 0.5) is 4.79 Å². The van der Waals surface area contributed by atoms with Gasteiger partial charge in [0.1, 0.15) is 11.4 Å². The zero-order chi connectivity index (χ0) is 33.2. The van der Waals surface area contributed by atoms with Gasteiger partial charge in [-0.3, -0.25) is 14.4 Å². The summed E-state index contributed by atoms with van der Waals surface area (Å²) < 4.78 is 5.42. The number of nitrogens with one attached hydrogen (secondary N) is 3. The molecule has 4 N–H and O–H groups in total. The smallest absolute Gasteiger partial charge is 0.407 e. The Morgan fingerprint density at radius 2 is 1.48 bits per heavy atom. The molecule has 9 heteroatoms. The van der Waals surface area contributed by atoms with Crippen molar-refractivity contribution in [3.8, 4) is 5.75 Å². The van der Waals surface area contributed by atoms with Crippen LogP contribution < -0.4 is 16.0 Å². The molecule has 0 fully saturated rings. The number of phenols is 1. The van der Waals surface area contributed by atoms with E-state index in [1.54, 1.807) is 39.8 Å². The van der Waals surface area contributed by atoms with Crippen molar-refractivity contribution in [2.24, 2.45) is 11.3 Å². The Labute approximate surface area is 262 Å². The maximum absolute atomic E-state index is 13.6. The number of ether oxygens (including phenoxy) is 1. The fraction of sp³-hybridized carbons (Fsp3) is 0.543. The van der Waals surface area contributed by atoms with Gasteiger partial charge in [-0.25, -0.2) is 4.79 Å². The molecule has 0 unspecified atom stereocenters. The number of rotatable bonds is 13. The summed E-state index contributed by atoms with van der Waals surface area (Å²) in [5.74, 6) is -1.36. The zero-order valence-electron chi connectivity index (χ0n) is 27.8. The minimum Gasteiger partial charge on any atom is -0.508 e. The average molecular weight is 610 g/mol. The third kappa shape index (κ3) is 13.2. The maximum Gasteiger partial charge on any atom is 0.407 e. The molecule has 3 atom stereocenters. The van der Waals surface area contributed by atoms with Crippen molar-refractivity contribution in [2.75, 3.05) is 6.54 Å². The second-order valence-corrected chi connectivity index (χ2v) is 14.0. The fourth-order valence-corrected chi connectivity index (χ4v) is 4.95. The number of ketones is 1. The van der Waals surface area contributed by atoms with E-state index in [1.165, 1.54) is 0 Å². The van der Waals surface area contributed by atoms with Gasteiger partial charge >= 0.3 is 6.09 Å². The largest absolute Gasteiger partial charge is 0.508 e. The quantitative estimate of drug-likeness (QED) is 0.243. The molecule has 2 aromatic carbocycles. The van der Waals surface area contributed by atoms with Crippen molar-refractivity contribution in [2.45, 2.75) is 106 Å². The number of hydrogen-bond donors (Lipinski definition) is 4. The lowest BCUT2D eigenvalue weighted by Gasteiger charge is -2.25. The molecule has 0 aromatic heterocycles. The van der Waals surface area contributed by atoms with Crippen molar-refractivity contribution in [1.82, 2.24) is 16.0 Å². The van der Waals surface area contributed by atoms with Crippen LogP contribution in [0.2, 0.25) is 0 Å². The topological polar surface area (TPSA) is 134 Å². The number of benzene rings is 2. The second-order valence-electron chi connectivity index (χ2n) is 14.0. The molecular weight excluding hydrogens is 558 g/mol. The number of aromatic hydroxyl groups is 1. The molecule has 44 heavy (non-hydrogen) atoms. The number of carbonyl (C=O) groups excluding carboxylic acids is 4. The lowest BCUT2D eigenvalue weighted by molar-refractivity contribution is -0.131. The summed E-state index contributed by atoms with van der Waals surface area (Å²) in [5.41, 5.74) is 2.55. The van der Waals surface area contributed by atoms with E-state index >= 15 is 0 Å². The van der Waals surface area contributed by atoms with E-state index < -0.39 is 29.7 Å². The van der Waals surface area contributed by atoms with Gasteiger partial charge in [-0.15, -0.1) is 0 Å². The summed E-state index contributed by atoms with van der Waals surface area (Å²) >= 11 is 0. The number of Topliss-reactive ketones (excluding diaryl/α,β-unsaturated/α-hetero) is 1. The Bertz CT molecular complexity index is 1270. The number of phenolic OH excluding ortho intramolecular Hbond substituents is 1. The van der Waals surface area contributed by atoms with Gasteiger partial charge in [0.05, 0.1) is 12.1 Å². The third-order valence-corrected chi connectivity index (χ3v) is 7.03. The van der Waals surface area contributed by atoms with Crippen molar-refractivity contribution in [3.63, 3.8) is 0 Å². The molecule has 0 aliphatic heterocycles. The van der Waals surface area contributed by atoms with Gasteiger partial charge in [0, 0.05) is 31.7 Å². The molecule has 2 aromatic rings. The van der Waals surface area contributed by atoms with Crippen molar-refractivity contribution < 1.29 is 29.0 Å². The van der Waals surface area contributed by atoms with E-state index in [1.807, 2.05) is 65.0 Å². The first-order chi connectivity index (χ1) is 20.3. The van der Waals surface area contributed by atoms with E-state index in [4.69, 9.17) is 4.74 Å². The number of alkyl carbamates (subject to hydrolysis) is 1. The van der Waals surface area contributed by atoms with Crippen LogP contribution in [-0.2, 0) is 32.0 Å². The molecule has 0 heterocycles. The molecule has 0 saturated heterocycles. The zero-order valence-corrected chi connectivity index (χ0v) is 27.8. The summed E-state index contributed by atoms with van der Waals surface area (Å²) in [6.07, 6.45) is 0.310. The summed E-state index contributed by atoms with van der Waals surface area (Å²) in [6.45, 7) is 16.7. The maximum atomic E-state index is 13.6. The van der Waals surface area contributed by atoms with Crippen LogP contribution in [0.5, 0.6) is 5.75 Å². The van der Waals surface area contributed by atoms with E-state index in [9.17, 15) is 24.3 Å². The molecule has 0 bridgehead atoms. The second kappa shape index (κ2) is 15.7. The van der Waals surface area contributed by atoms with Crippen LogP contribution in [0, 0.1) is 25.2 Å². The Balaban J connectivity index is 2.14. The van der Waals surface area contributed by atoms with Gasteiger partial charge in [0.2, 0.25) is 11.8 Å². The van der Waals surface area contributed by atoms with Crippen LogP contribution in [-0.4, -0.2) is 53.0 Å². The predicted octanol–water partition coefficient (Wildman–Crippen LogP) is 5.32. The molecule has 0 aliphatic rings. The molecule has 242 valence electrons. The van der Waals surface area contributed by atoms with Gasteiger partial charge in [-0.05, 0) is 80.8 Å². The highest BCUT2D eigenvalue weighted by atomic mass is 16.6. The average Bonchev–Trinajstić information content (AvgIpc) is 2.86. The Morgan fingerprint density at radius 1 is 0.886 bits per heavy atom. The summed E-state index contributed by atoms with van der Waals surface area (Å²) in [5, 5.41) is 18.6. The number of aryl methyl sites for hydroxylation is 2. The lowest BCUT2D eigenvalue weighted by Crippen LogP contribution is -2.48. The molecule has 0 radical (unpaired) electrons. The van der Waals surface area contributed by atoms with Crippen LogP contribution in [0.3, 0.4) is 0 Å². The van der Waals surface area contributed by atoms with E-state index in [0.29, 0.717) is 6.42 Å². The summed E-state index contributed by atoms with van der Waals surface area (Å²) in [6, 6.07) is 11.6. The number of carbonyl (C=O) groups is 4. The van der Waals surface area contributed by atoms with Crippen LogP contribution in [0.15, 0.2) is 42.5 Å². The fourth-order valence-electron chi connectivity index (χ4n) is 4.95. The molecule has 0 spiro atoms. The Kier molecular flexibility index (Phi) is 13.0. The van der Waals surface area contributed by atoms with Gasteiger partial charge < -0.3 is 25.8 Å². The van der Waals surface area contributed by atoms with Crippen LogP contribution in [0.1, 0.15) is 83.6 Å². The van der Waals surface area contributed by atoms with Crippen LogP contribution >= 0.6 is 0 Å². The predicted molar refractivity (Wildman–Crippen MR) is 172 cm³/mol. The molecular formula is C35H51N3O6. The molecule has 9 nitrogen and oxygen atoms in total. The number of hydrogen-bond acceptors (Lipinski definition) is 6. The summed E-state index contributed by atoms with van der Waals surface area (Å²) in [7, 11) is 0. The van der Waals surface area contributed by atoms with Gasteiger partial charge in [-0.1, -0.05) is 58.0 Å². The normalized spacial score (nSPS) is 13.8. The Morgan fingerprint density at radius 3 is 2.02 bits per heavy atom. The first kappa shape index (κ1) is 36.3. The highest BCUT2D eigenvalue weighted by Crippen LogP contribution is 2.24. The minimum atomic E-state index is -0.832. The third-order valence-electron chi connectivity index (χ3n) is 7.03. The van der Waals surface area contributed by atoms with Gasteiger partial charge in [-0.2, -0.15) is 0 Å². The van der Waals surface area contributed by atoms with Crippen molar-refractivity contribution in [3.05, 3.63) is 64.7 Å². The first-order valence-corrected chi connectivity index (χ1v) is 15.3. The van der Waals surface area contributed by atoms with E-state index in [0.717, 1.165) is 22.3 Å². The van der Waals surface area contributed by atoms with E-state index in [2.05, 4.69) is 16.0 Å². The molecule has 2 rings (SSSR count). The van der Waals surface area contributed by atoms with Crippen LogP contribution in [0.25, 0.3) is 0 Å². The van der Waals surface area contributed by atoms with Gasteiger partial charge in [0.15, 0.2) is 5.78 Å². The van der Waals surface area contributed by atoms with Gasteiger partial charge in [0.25, 0.3) is 0 Å². The Hall–Kier alpha value is -3.88.